The first-order chi connectivity index (χ1) is 15.1. The number of hydrogen-bond donors (Lipinski definition) is 2. The first-order valence-electron chi connectivity index (χ1n) is 9.91. The van der Waals surface area contributed by atoms with Crippen molar-refractivity contribution in [3.05, 3.63) is 90.0 Å². The van der Waals surface area contributed by atoms with Gasteiger partial charge >= 0.3 is 0 Å². The predicted molar refractivity (Wildman–Crippen MR) is 118 cm³/mol. The largest absolute Gasteiger partial charge is 0.494 e. The van der Waals surface area contributed by atoms with Gasteiger partial charge in [0.15, 0.2) is 0 Å². The van der Waals surface area contributed by atoms with Gasteiger partial charge in [0, 0.05) is 17.6 Å². The van der Waals surface area contributed by atoms with Crippen LogP contribution in [0, 0.1) is 5.82 Å². The van der Waals surface area contributed by atoms with Crippen LogP contribution in [0.4, 0.5) is 15.9 Å². The van der Waals surface area contributed by atoms with Gasteiger partial charge in [-0.15, -0.1) is 0 Å². The Morgan fingerprint density at radius 3 is 2.45 bits per heavy atom. The van der Waals surface area contributed by atoms with E-state index in [0.717, 1.165) is 16.7 Å². The number of hydrogen-bond acceptors (Lipinski definition) is 5. The van der Waals surface area contributed by atoms with Gasteiger partial charge in [0.2, 0.25) is 5.82 Å². The smallest absolute Gasteiger partial charge is 0.289 e. The molecule has 1 aromatic heterocycles. The summed E-state index contributed by atoms with van der Waals surface area (Å²) in [6.45, 7) is 2.86. The maximum atomic E-state index is 13.2. The van der Waals surface area contributed by atoms with Crippen molar-refractivity contribution in [3.8, 4) is 5.75 Å². The molecule has 2 N–H and O–H groups in total. The van der Waals surface area contributed by atoms with Crippen LogP contribution in [-0.4, -0.2) is 22.5 Å². The lowest BCUT2D eigenvalue weighted by Crippen LogP contribution is -2.25. The van der Waals surface area contributed by atoms with E-state index in [4.69, 9.17) is 4.74 Å². The molecule has 0 spiro atoms. The molecule has 4 aromatic rings. The molecular formula is C24H21FN4O2. The normalized spacial score (nSPS) is 10.6. The molecule has 0 radical (unpaired) electrons. The number of rotatable bonds is 7. The van der Waals surface area contributed by atoms with Crippen LogP contribution in [0.15, 0.2) is 72.8 Å². The number of carbonyl (C=O) groups is 1. The lowest BCUT2D eigenvalue weighted by atomic mass is 10.2. The summed E-state index contributed by atoms with van der Waals surface area (Å²) in [7, 11) is 0. The molecular weight excluding hydrogens is 395 g/mol. The third kappa shape index (κ3) is 4.95. The summed E-state index contributed by atoms with van der Waals surface area (Å²) in [6.07, 6.45) is 0. The molecule has 0 unspecified atom stereocenters. The number of nitrogens with zero attached hydrogens (tertiary/aromatic N) is 2. The highest BCUT2D eigenvalue weighted by Crippen LogP contribution is 2.24. The highest BCUT2D eigenvalue weighted by molar-refractivity contribution is 5.97. The second kappa shape index (κ2) is 9.21. The molecule has 0 saturated heterocycles. The van der Waals surface area contributed by atoms with Crippen molar-refractivity contribution < 1.29 is 13.9 Å². The molecule has 0 bridgehead atoms. The van der Waals surface area contributed by atoms with Gasteiger partial charge in [0.1, 0.15) is 17.4 Å². The maximum Gasteiger partial charge on any atom is 0.289 e. The SMILES string of the molecule is CCOc1ccc(CNC(=O)c2nc(Nc3ccc(F)cc3)c3ccccc3n2)cc1. The molecule has 7 heteroatoms. The van der Waals surface area contributed by atoms with Crippen LogP contribution in [0.3, 0.4) is 0 Å². The standard InChI is InChI=1S/C24H21FN4O2/c1-2-31-19-13-7-16(8-14-19)15-26-24(30)23-28-21-6-4-3-5-20(21)22(29-23)27-18-11-9-17(25)10-12-18/h3-14H,2,15H2,1H3,(H,26,30)(H,27,28,29). The summed E-state index contributed by atoms with van der Waals surface area (Å²) >= 11 is 0. The van der Waals surface area contributed by atoms with E-state index in [9.17, 15) is 9.18 Å². The molecule has 0 aliphatic carbocycles. The number of aromatic nitrogens is 2. The fourth-order valence-electron chi connectivity index (χ4n) is 3.07. The summed E-state index contributed by atoms with van der Waals surface area (Å²) in [5.74, 6) is 0.596. The van der Waals surface area contributed by atoms with Crippen LogP contribution in [0.5, 0.6) is 5.75 Å². The molecule has 1 amide bonds. The van der Waals surface area contributed by atoms with Gasteiger partial charge in [-0.1, -0.05) is 24.3 Å². The van der Waals surface area contributed by atoms with E-state index in [-0.39, 0.29) is 17.5 Å². The number of fused-ring (bicyclic) bond motifs is 1. The van der Waals surface area contributed by atoms with Gasteiger partial charge in [-0.2, -0.15) is 0 Å². The molecule has 0 atom stereocenters. The second-order valence-electron chi connectivity index (χ2n) is 6.80. The van der Waals surface area contributed by atoms with Crippen LogP contribution in [0.2, 0.25) is 0 Å². The third-order valence-electron chi connectivity index (χ3n) is 4.60. The summed E-state index contributed by atoms with van der Waals surface area (Å²) in [4.78, 5) is 21.6. The zero-order valence-corrected chi connectivity index (χ0v) is 16.9. The van der Waals surface area contributed by atoms with Crippen molar-refractivity contribution in [2.45, 2.75) is 13.5 Å². The number of nitrogens with one attached hydrogen (secondary N) is 2. The van der Waals surface area contributed by atoms with Gasteiger partial charge in [-0.05, 0) is 61.0 Å². The Hall–Kier alpha value is -4.00. The predicted octanol–water partition coefficient (Wildman–Crippen LogP) is 4.84. The number of carbonyl (C=O) groups excluding carboxylic acids is 1. The van der Waals surface area contributed by atoms with Gasteiger partial charge in [0.05, 0.1) is 12.1 Å². The second-order valence-corrected chi connectivity index (χ2v) is 6.80. The maximum absolute atomic E-state index is 13.2. The van der Waals surface area contributed by atoms with Crippen LogP contribution in [0.1, 0.15) is 23.1 Å². The van der Waals surface area contributed by atoms with Gasteiger partial charge < -0.3 is 15.4 Å². The Balaban J connectivity index is 1.55. The summed E-state index contributed by atoms with van der Waals surface area (Å²) < 4.78 is 18.7. The summed E-state index contributed by atoms with van der Waals surface area (Å²) in [5, 5.41) is 6.76. The van der Waals surface area contributed by atoms with Crippen molar-refractivity contribution in [2.24, 2.45) is 0 Å². The van der Waals surface area contributed by atoms with E-state index >= 15 is 0 Å². The first-order valence-corrected chi connectivity index (χ1v) is 9.91. The topological polar surface area (TPSA) is 76.1 Å². The number of amides is 1. The summed E-state index contributed by atoms with van der Waals surface area (Å²) in [5.41, 5.74) is 2.22. The average molecular weight is 416 g/mol. The monoisotopic (exact) mass is 416 g/mol. The van der Waals surface area contributed by atoms with Gasteiger partial charge in [0.25, 0.3) is 5.91 Å². The van der Waals surface area contributed by atoms with Crippen LogP contribution >= 0.6 is 0 Å². The van der Waals surface area contributed by atoms with E-state index in [1.54, 1.807) is 12.1 Å². The van der Waals surface area contributed by atoms with Crippen LogP contribution in [-0.2, 0) is 6.54 Å². The zero-order chi connectivity index (χ0) is 21.6. The molecule has 6 nitrogen and oxygen atoms in total. The highest BCUT2D eigenvalue weighted by atomic mass is 19.1. The lowest BCUT2D eigenvalue weighted by molar-refractivity contribution is 0.0941. The van der Waals surface area contributed by atoms with Crippen molar-refractivity contribution in [2.75, 3.05) is 11.9 Å². The molecule has 1 heterocycles. The minimum Gasteiger partial charge on any atom is -0.494 e. The number of halogens is 1. The molecule has 31 heavy (non-hydrogen) atoms. The van der Waals surface area contributed by atoms with Crippen molar-refractivity contribution in [1.29, 1.82) is 0 Å². The van der Waals surface area contributed by atoms with E-state index < -0.39 is 0 Å². The molecule has 156 valence electrons. The Kier molecular flexibility index (Phi) is 6.03. The molecule has 0 fully saturated rings. The van der Waals surface area contributed by atoms with Crippen molar-refractivity contribution in [1.82, 2.24) is 15.3 Å². The quantitative estimate of drug-likeness (QED) is 0.451. The number of benzene rings is 3. The third-order valence-corrected chi connectivity index (χ3v) is 4.60. The first kappa shape index (κ1) is 20.3. The minimum absolute atomic E-state index is 0.0502. The fourth-order valence-corrected chi connectivity index (χ4v) is 3.07. The zero-order valence-electron chi connectivity index (χ0n) is 16.9. The Morgan fingerprint density at radius 1 is 0.968 bits per heavy atom. The molecule has 0 aliphatic rings. The lowest BCUT2D eigenvalue weighted by Gasteiger charge is -2.11. The molecule has 0 saturated carbocycles. The van der Waals surface area contributed by atoms with Gasteiger partial charge in [-0.3, -0.25) is 4.79 Å². The van der Waals surface area contributed by atoms with Gasteiger partial charge in [-0.25, -0.2) is 14.4 Å². The Labute approximate surface area is 179 Å². The number of para-hydroxylation sites is 1. The molecule has 3 aromatic carbocycles. The average Bonchev–Trinajstić information content (AvgIpc) is 2.80. The van der Waals surface area contributed by atoms with Crippen LogP contribution in [0.25, 0.3) is 10.9 Å². The van der Waals surface area contributed by atoms with E-state index in [0.29, 0.717) is 30.2 Å². The molecule has 4 rings (SSSR count). The van der Waals surface area contributed by atoms with E-state index in [2.05, 4.69) is 20.6 Å². The van der Waals surface area contributed by atoms with E-state index in [1.807, 2.05) is 55.5 Å². The number of ether oxygens (including phenoxy) is 1. The van der Waals surface area contributed by atoms with Crippen LogP contribution < -0.4 is 15.4 Å². The van der Waals surface area contributed by atoms with E-state index in [1.165, 1.54) is 12.1 Å². The fraction of sp³-hybridized carbons (Fsp3) is 0.125. The molecule has 0 aliphatic heterocycles. The Bertz CT molecular complexity index is 1190. The highest BCUT2D eigenvalue weighted by Gasteiger charge is 2.14. The summed E-state index contributed by atoms with van der Waals surface area (Å²) in [6, 6.07) is 20.8. The Morgan fingerprint density at radius 2 is 1.71 bits per heavy atom. The number of anilines is 2. The van der Waals surface area contributed by atoms with Crippen molar-refractivity contribution >= 4 is 28.3 Å². The van der Waals surface area contributed by atoms with Crippen molar-refractivity contribution in [3.63, 3.8) is 0 Å². The minimum atomic E-state index is -0.387.